The highest BCUT2D eigenvalue weighted by Crippen LogP contribution is 2.36. The predicted molar refractivity (Wildman–Crippen MR) is 79.2 cm³/mol. The van der Waals surface area contributed by atoms with Crippen molar-refractivity contribution >= 4 is 23.5 Å². The van der Waals surface area contributed by atoms with Crippen LogP contribution in [0.5, 0.6) is 0 Å². The molecule has 0 saturated carbocycles. The number of nitrogens with one attached hydrogen (secondary N) is 1. The van der Waals surface area contributed by atoms with Gasteiger partial charge < -0.3 is 10.1 Å². The van der Waals surface area contributed by atoms with Gasteiger partial charge in [0.25, 0.3) is 0 Å². The van der Waals surface area contributed by atoms with Crippen LogP contribution in [0, 0.1) is 5.92 Å². The fraction of sp³-hybridized carbons (Fsp3) is 1.00. The summed E-state index contributed by atoms with van der Waals surface area (Å²) in [6.07, 6.45) is 2.58. The number of ether oxygens (including phenoxy) is 1. The minimum atomic E-state index is 0.646. The molecule has 17 heavy (non-hydrogen) atoms. The van der Waals surface area contributed by atoms with Crippen LogP contribution in [0.1, 0.15) is 26.7 Å². The molecule has 0 aromatic heterocycles. The molecule has 0 aromatic carbocycles. The largest absolute Gasteiger partial charge is 0.381 e. The van der Waals surface area contributed by atoms with Gasteiger partial charge in [0.1, 0.15) is 0 Å². The first kappa shape index (κ1) is 14.0. The Labute approximate surface area is 114 Å². The minimum absolute atomic E-state index is 0.646. The van der Waals surface area contributed by atoms with Crippen LogP contribution in [-0.2, 0) is 4.74 Å². The van der Waals surface area contributed by atoms with Crippen molar-refractivity contribution in [2.75, 3.05) is 31.3 Å². The molecule has 2 saturated heterocycles. The van der Waals surface area contributed by atoms with Crippen LogP contribution in [-0.4, -0.2) is 47.8 Å². The molecular formula is C13H25NOS2. The van der Waals surface area contributed by atoms with E-state index in [4.69, 9.17) is 4.74 Å². The molecule has 100 valence electrons. The number of rotatable bonds is 4. The van der Waals surface area contributed by atoms with Crippen molar-refractivity contribution in [1.29, 1.82) is 0 Å². The van der Waals surface area contributed by atoms with Crippen LogP contribution in [0.3, 0.4) is 0 Å². The second-order valence-corrected chi connectivity index (χ2v) is 7.74. The minimum Gasteiger partial charge on any atom is -0.381 e. The van der Waals surface area contributed by atoms with Gasteiger partial charge in [0.15, 0.2) is 0 Å². The normalized spacial score (nSPS) is 36.7. The molecular weight excluding hydrogens is 250 g/mol. The van der Waals surface area contributed by atoms with E-state index in [1.54, 1.807) is 0 Å². The standard InChI is InChI=1S/C13H25NOS2/c1-3-14-12(11-5-4-6-15-9-11)13-10(2)16-7-8-17-13/h10-14H,3-9H2,1-2H3. The third kappa shape index (κ3) is 3.79. The predicted octanol–water partition coefficient (Wildman–Crippen LogP) is 2.63. The second kappa shape index (κ2) is 7.27. The van der Waals surface area contributed by atoms with Crippen molar-refractivity contribution in [3.63, 3.8) is 0 Å². The summed E-state index contributed by atoms with van der Waals surface area (Å²) in [4.78, 5) is 0. The molecule has 0 radical (unpaired) electrons. The zero-order valence-corrected chi connectivity index (χ0v) is 12.6. The van der Waals surface area contributed by atoms with Crippen molar-refractivity contribution in [2.45, 2.75) is 43.2 Å². The summed E-state index contributed by atoms with van der Waals surface area (Å²) < 4.78 is 5.68. The van der Waals surface area contributed by atoms with Gasteiger partial charge in [0.2, 0.25) is 0 Å². The molecule has 0 aliphatic carbocycles. The lowest BCUT2D eigenvalue weighted by Crippen LogP contribution is -2.50. The highest BCUT2D eigenvalue weighted by molar-refractivity contribution is 8.07. The van der Waals surface area contributed by atoms with E-state index in [0.717, 1.165) is 36.2 Å². The van der Waals surface area contributed by atoms with Crippen LogP contribution in [0.4, 0.5) is 0 Å². The van der Waals surface area contributed by atoms with Gasteiger partial charge >= 0.3 is 0 Å². The van der Waals surface area contributed by atoms with Crippen molar-refractivity contribution in [3.05, 3.63) is 0 Å². The number of hydrogen-bond acceptors (Lipinski definition) is 4. The molecule has 2 heterocycles. The Morgan fingerprint density at radius 1 is 1.35 bits per heavy atom. The Morgan fingerprint density at radius 3 is 2.82 bits per heavy atom. The van der Waals surface area contributed by atoms with Gasteiger partial charge in [-0.1, -0.05) is 13.8 Å². The molecule has 2 aliphatic rings. The van der Waals surface area contributed by atoms with Crippen LogP contribution in [0.25, 0.3) is 0 Å². The van der Waals surface area contributed by atoms with Gasteiger partial charge in [-0.2, -0.15) is 23.5 Å². The fourth-order valence-corrected chi connectivity index (χ4v) is 5.92. The lowest BCUT2D eigenvalue weighted by atomic mass is 9.90. The third-order valence-electron chi connectivity index (χ3n) is 3.73. The van der Waals surface area contributed by atoms with Crippen molar-refractivity contribution < 1.29 is 4.74 Å². The second-order valence-electron chi connectivity index (χ2n) is 4.97. The van der Waals surface area contributed by atoms with Crippen molar-refractivity contribution in [2.24, 2.45) is 5.92 Å². The fourth-order valence-electron chi connectivity index (χ4n) is 2.88. The molecule has 4 heteroatoms. The van der Waals surface area contributed by atoms with Gasteiger partial charge in [-0.25, -0.2) is 0 Å². The summed E-state index contributed by atoms with van der Waals surface area (Å²) in [6.45, 7) is 7.64. The zero-order chi connectivity index (χ0) is 12.1. The van der Waals surface area contributed by atoms with E-state index < -0.39 is 0 Å². The van der Waals surface area contributed by atoms with Crippen LogP contribution in [0.15, 0.2) is 0 Å². The third-order valence-corrected chi connectivity index (χ3v) is 6.95. The molecule has 2 aliphatic heterocycles. The molecule has 1 N–H and O–H groups in total. The molecule has 2 nitrogen and oxygen atoms in total. The number of thioether (sulfide) groups is 2. The lowest BCUT2D eigenvalue weighted by Gasteiger charge is -2.40. The molecule has 4 atom stereocenters. The van der Waals surface area contributed by atoms with E-state index in [1.807, 2.05) is 0 Å². The molecule has 2 fully saturated rings. The monoisotopic (exact) mass is 275 g/mol. The maximum atomic E-state index is 5.68. The first-order valence-corrected chi connectivity index (χ1v) is 8.97. The first-order valence-electron chi connectivity index (χ1n) is 6.87. The Kier molecular flexibility index (Phi) is 6.00. The first-order chi connectivity index (χ1) is 8.33. The lowest BCUT2D eigenvalue weighted by molar-refractivity contribution is 0.0392. The summed E-state index contributed by atoms with van der Waals surface area (Å²) in [5.74, 6) is 3.36. The summed E-state index contributed by atoms with van der Waals surface area (Å²) in [5.41, 5.74) is 0. The summed E-state index contributed by atoms with van der Waals surface area (Å²) >= 11 is 4.32. The molecule has 0 aromatic rings. The Bertz CT molecular complexity index is 221. The quantitative estimate of drug-likeness (QED) is 0.851. The zero-order valence-electron chi connectivity index (χ0n) is 11.0. The Morgan fingerprint density at radius 2 is 2.18 bits per heavy atom. The van der Waals surface area contributed by atoms with Crippen molar-refractivity contribution in [3.8, 4) is 0 Å². The Balaban J connectivity index is 1.98. The van der Waals surface area contributed by atoms with Crippen LogP contribution < -0.4 is 5.32 Å². The van der Waals surface area contributed by atoms with E-state index in [0.29, 0.717) is 6.04 Å². The highest BCUT2D eigenvalue weighted by atomic mass is 32.2. The molecule has 0 amide bonds. The average Bonchev–Trinajstić information content (AvgIpc) is 2.38. The van der Waals surface area contributed by atoms with Gasteiger partial charge in [0, 0.05) is 34.7 Å². The van der Waals surface area contributed by atoms with Crippen LogP contribution >= 0.6 is 23.5 Å². The highest BCUT2D eigenvalue weighted by Gasteiger charge is 2.35. The van der Waals surface area contributed by atoms with E-state index in [1.165, 1.54) is 24.3 Å². The Hall–Kier alpha value is 0.620. The average molecular weight is 275 g/mol. The summed E-state index contributed by atoms with van der Waals surface area (Å²) in [5, 5.41) is 5.28. The summed E-state index contributed by atoms with van der Waals surface area (Å²) in [6, 6.07) is 0.646. The molecule has 0 spiro atoms. The van der Waals surface area contributed by atoms with Gasteiger partial charge in [-0.15, -0.1) is 0 Å². The molecule has 2 rings (SSSR count). The van der Waals surface area contributed by atoms with Gasteiger partial charge in [-0.3, -0.25) is 0 Å². The van der Waals surface area contributed by atoms with E-state index >= 15 is 0 Å². The van der Waals surface area contributed by atoms with E-state index in [-0.39, 0.29) is 0 Å². The topological polar surface area (TPSA) is 21.3 Å². The summed E-state index contributed by atoms with van der Waals surface area (Å²) in [7, 11) is 0. The SMILES string of the molecule is CCNC(C1CCCOC1)C1SCCSC1C. The number of hydrogen-bond donors (Lipinski definition) is 1. The van der Waals surface area contributed by atoms with E-state index in [2.05, 4.69) is 42.7 Å². The van der Waals surface area contributed by atoms with E-state index in [9.17, 15) is 0 Å². The van der Waals surface area contributed by atoms with Gasteiger partial charge in [-0.05, 0) is 25.3 Å². The molecule has 4 unspecified atom stereocenters. The molecule has 0 bridgehead atoms. The maximum Gasteiger partial charge on any atom is 0.0509 e. The van der Waals surface area contributed by atoms with Crippen molar-refractivity contribution in [1.82, 2.24) is 5.32 Å². The smallest absolute Gasteiger partial charge is 0.0509 e. The van der Waals surface area contributed by atoms with Gasteiger partial charge in [0.05, 0.1) is 6.61 Å². The van der Waals surface area contributed by atoms with Crippen LogP contribution in [0.2, 0.25) is 0 Å². The maximum absolute atomic E-state index is 5.68.